The van der Waals surface area contributed by atoms with Crippen LogP contribution in [0.25, 0.3) is 0 Å². The highest BCUT2D eigenvalue weighted by atomic mass is 35.5. The van der Waals surface area contributed by atoms with Gasteiger partial charge in [0.25, 0.3) is 0 Å². The van der Waals surface area contributed by atoms with Crippen molar-refractivity contribution in [2.45, 2.75) is 12.6 Å². The SMILES string of the molecule is Cl.Cl.Oc1cc(OCc2ccccc2)ccc1[C@@H](CF)N1CCNCC1. The van der Waals surface area contributed by atoms with Crippen molar-refractivity contribution in [1.82, 2.24) is 10.2 Å². The Morgan fingerprint density at radius 1 is 1.08 bits per heavy atom. The summed E-state index contributed by atoms with van der Waals surface area (Å²) in [5.74, 6) is 0.666. The first-order chi connectivity index (χ1) is 11.8. The maximum absolute atomic E-state index is 13.6. The Morgan fingerprint density at radius 2 is 1.77 bits per heavy atom. The lowest BCUT2D eigenvalue weighted by atomic mass is 10.0. The topological polar surface area (TPSA) is 44.7 Å². The second-order valence-corrected chi connectivity index (χ2v) is 5.95. The zero-order valence-electron chi connectivity index (χ0n) is 14.4. The van der Waals surface area contributed by atoms with E-state index >= 15 is 0 Å². The second kappa shape index (κ2) is 11.2. The molecule has 7 heteroatoms. The number of hydrogen-bond donors (Lipinski definition) is 2. The van der Waals surface area contributed by atoms with Crippen LogP contribution in [0.3, 0.4) is 0 Å². The minimum atomic E-state index is -0.516. The molecular weight excluding hydrogens is 378 g/mol. The molecule has 0 bridgehead atoms. The van der Waals surface area contributed by atoms with Crippen molar-refractivity contribution in [2.24, 2.45) is 0 Å². The highest BCUT2D eigenvalue weighted by Crippen LogP contribution is 2.32. The van der Waals surface area contributed by atoms with Crippen molar-refractivity contribution in [3.8, 4) is 11.5 Å². The van der Waals surface area contributed by atoms with E-state index in [-0.39, 0.29) is 30.6 Å². The summed E-state index contributed by atoms with van der Waals surface area (Å²) in [6, 6.07) is 14.6. The lowest BCUT2D eigenvalue weighted by Crippen LogP contribution is -2.45. The maximum Gasteiger partial charge on any atom is 0.124 e. The van der Waals surface area contributed by atoms with Crippen LogP contribution in [-0.4, -0.2) is 42.9 Å². The molecule has 0 aromatic heterocycles. The predicted molar refractivity (Wildman–Crippen MR) is 107 cm³/mol. The van der Waals surface area contributed by atoms with Crippen molar-refractivity contribution >= 4 is 24.8 Å². The van der Waals surface area contributed by atoms with E-state index < -0.39 is 12.7 Å². The molecule has 2 N–H and O–H groups in total. The van der Waals surface area contributed by atoms with E-state index in [1.807, 2.05) is 30.3 Å². The van der Waals surface area contributed by atoms with Gasteiger partial charge in [0.05, 0.1) is 6.04 Å². The average molecular weight is 403 g/mol. The molecule has 0 aliphatic carbocycles. The fraction of sp³-hybridized carbons (Fsp3) is 0.368. The standard InChI is InChI=1S/C19H23FN2O2.2ClH/c20-13-18(22-10-8-21-9-11-22)17-7-6-16(12-19(17)23)24-14-15-4-2-1-3-5-15;;/h1-7,12,18,21,23H,8-11,13-14H2;2*1H/t18-;;/m1../s1. The average Bonchev–Trinajstić information content (AvgIpc) is 2.64. The highest BCUT2D eigenvalue weighted by Gasteiger charge is 2.24. The summed E-state index contributed by atoms with van der Waals surface area (Å²) in [5, 5.41) is 13.6. The monoisotopic (exact) mass is 402 g/mol. The number of hydrogen-bond acceptors (Lipinski definition) is 4. The van der Waals surface area contributed by atoms with Crippen LogP contribution in [0, 0.1) is 0 Å². The molecule has 26 heavy (non-hydrogen) atoms. The van der Waals surface area contributed by atoms with E-state index in [4.69, 9.17) is 4.74 Å². The number of phenols is 1. The van der Waals surface area contributed by atoms with E-state index in [1.54, 1.807) is 18.2 Å². The Balaban J connectivity index is 0.00000169. The number of nitrogens with zero attached hydrogens (tertiary/aromatic N) is 1. The third-order valence-electron chi connectivity index (χ3n) is 4.35. The largest absolute Gasteiger partial charge is 0.507 e. The van der Waals surface area contributed by atoms with Gasteiger partial charge in [-0.05, 0) is 17.7 Å². The Labute approximate surface area is 166 Å². The number of benzene rings is 2. The number of aromatic hydroxyl groups is 1. The smallest absolute Gasteiger partial charge is 0.124 e. The Kier molecular flexibility index (Phi) is 9.73. The number of nitrogens with one attached hydrogen (secondary N) is 1. The molecule has 0 radical (unpaired) electrons. The van der Waals surface area contributed by atoms with Crippen LogP contribution in [-0.2, 0) is 6.61 Å². The summed E-state index contributed by atoms with van der Waals surface area (Å²) in [7, 11) is 0. The Bertz CT molecular complexity index is 655. The third kappa shape index (κ3) is 5.74. The first-order valence-electron chi connectivity index (χ1n) is 8.28. The number of phenolic OH excluding ortho intramolecular Hbond substituents is 1. The van der Waals surface area contributed by atoms with Gasteiger partial charge in [0.15, 0.2) is 0 Å². The van der Waals surface area contributed by atoms with Crippen LogP contribution in [0.2, 0.25) is 0 Å². The molecule has 0 saturated carbocycles. The van der Waals surface area contributed by atoms with Gasteiger partial charge in [-0.25, -0.2) is 4.39 Å². The molecule has 2 aromatic rings. The van der Waals surface area contributed by atoms with E-state index in [1.165, 1.54) is 0 Å². The first-order valence-corrected chi connectivity index (χ1v) is 8.28. The van der Waals surface area contributed by atoms with Crippen LogP contribution >= 0.6 is 24.8 Å². The van der Waals surface area contributed by atoms with Crippen molar-refractivity contribution in [2.75, 3.05) is 32.9 Å². The van der Waals surface area contributed by atoms with Gasteiger partial charge in [0.1, 0.15) is 24.8 Å². The van der Waals surface area contributed by atoms with E-state index in [0.717, 1.165) is 31.7 Å². The van der Waals surface area contributed by atoms with Gasteiger partial charge in [-0.15, -0.1) is 24.8 Å². The molecule has 0 amide bonds. The normalized spacial score (nSPS) is 15.4. The predicted octanol–water partition coefficient (Wildman–Crippen LogP) is 3.73. The van der Waals surface area contributed by atoms with Crippen molar-refractivity contribution < 1.29 is 14.2 Å². The summed E-state index contributed by atoms with van der Waals surface area (Å²) in [4.78, 5) is 2.07. The lowest BCUT2D eigenvalue weighted by molar-refractivity contribution is 0.145. The Morgan fingerprint density at radius 3 is 2.38 bits per heavy atom. The van der Waals surface area contributed by atoms with Crippen LogP contribution in [0.1, 0.15) is 17.2 Å². The molecule has 0 unspecified atom stereocenters. The number of halogens is 3. The van der Waals surface area contributed by atoms with Gasteiger partial charge >= 0.3 is 0 Å². The minimum Gasteiger partial charge on any atom is -0.507 e. The molecule has 1 atom stereocenters. The molecule has 1 aliphatic heterocycles. The van der Waals surface area contributed by atoms with Crippen LogP contribution in [0.15, 0.2) is 48.5 Å². The first kappa shape index (κ1) is 22.5. The van der Waals surface area contributed by atoms with Crippen LogP contribution in [0.4, 0.5) is 4.39 Å². The molecule has 144 valence electrons. The number of alkyl halides is 1. The molecule has 1 aliphatic rings. The molecule has 1 fully saturated rings. The summed E-state index contributed by atoms with van der Waals surface area (Å²) in [6.07, 6.45) is 0. The molecule has 0 spiro atoms. The zero-order chi connectivity index (χ0) is 16.8. The van der Waals surface area contributed by atoms with Gasteiger partial charge in [0, 0.05) is 37.8 Å². The van der Waals surface area contributed by atoms with Gasteiger partial charge in [-0.2, -0.15) is 0 Å². The fourth-order valence-corrected chi connectivity index (χ4v) is 3.01. The molecule has 1 saturated heterocycles. The van der Waals surface area contributed by atoms with E-state index in [2.05, 4.69) is 10.2 Å². The Hall–Kier alpha value is -1.53. The summed E-state index contributed by atoms with van der Waals surface area (Å²) in [6.45, 7) is 3.16. The number of piperazine rings is 1. The van der Waals surface area contributed by atoms with Crippen molar-refractivity contribution in [3.05, 3.63) is 59.7 Å². The number of ether oxygens (including phenoxy) is 1. The van der Waals surface area contributed by atoms with Gasteiger partial charge in [0.2, 0.25) is 0 Å². The summed E-state index contributed by atoms with van der Waals surface area (Å²) in [5.41, 5.74) is 1.68. The van der Waals surface area contributed by atoms with Gasteiger partial charge in [-0.3, -0.25) is 4.90 Å². The summed E-state index contributed by atoms with van der Waals surface area (Å²) < 4.78 is 19.3. The van der Waals surface area contributed by atoms with Crippen molar-refractivity contribution in [3.63, 3.8) is 0 Å². The van der Waals surface area contributed by atoms with Gasteiger partial charge in [-0.1, -0.05) is 30.3 Å². The fourth-order valence-electron chi connectivity index (χ4n) is 3.01. The van der Waals surface area contributed by atoms with E-state index in [0.29, 0.717) is 17.9 Å². The van der Waals surface area contributed by atoms with Gasteiger partial charge < -0.3 is 15.2 Å². The minimum absolute atomic E-state index is 0. The molecule has 1 heterocycles. The quantitative estimate of drug-likeness (QED) is 0.772. The van der Waals surface area contributed by atoms with Crippen LogP contribution < -0.4 is 10.1 Å². The van der Waals surface area contributed by atoms with E-state index in [9.17, 15) is 9.50 Å². The molecule has 2 aromatic carbocycles. The third-order valence-corrected chi connectivity index (χ3v) is 4.35. The molecular formula is C19H25Cl2FN2O2. The lowest BCUT2D eigenvalue weighted by Gasteiger charge is -2.33. The molecule has 4 nitrogen and oxygen atoms in total. The highest BCUT2D eigenvalue weighted by molar-refractivity contribution is 5.85. The maximum atomic E-state index is 13.6. The number of rotatable bonds is 6. The second-order valence-electron chi connectivity index (χ2n) is 5.95. The zero-order valence-corrected chi connectivity index (χ0v) is 16.1. The summed E-state index contributed by atoms with van der Waals surface area (Å²) >= 11 is 0. The van der Waals surface area contributed by atoms with Crippen molar-refractivity contribution in [1.29, 1.82) is 0 Å². The van der Waals surface area contributed by atoms with Crippen LogP contribution in [0.5, 0.6) is 11.5 Å². The molecule has 3 rings (SSSR count).